The predicted octanol–water partition coefficient (Wildman–Crippen LogP) is 1.39. The number of carbonyl (C=O) groups excluding carboxylic acids is 2. The van der Waals surface area contributed by atoms with Gasteiger partial charge in [-0.3, -0.25) is 9.59 Å². The van der Waals surface area contributed by atoms with Crippen LogP contribution >= 0.6 is 0 Å². The SMILES string of the molecule is C[C@@H](/C=C/CC(=O)N1CCC[C@H]1CO)[C@]1(O)C(=O)Nc2ccccc21. The van der Waals surface area contributed by atoms with Crippen LogP contribution in [-0.4, -0.2) is 46.1 Å². The van der Waals surface area contributed by atoms with Gasteiger partial charge in [0.15, 0.2) is 5.60 Å². The van der Waals surface area contributed by atoms with Gasteiger partial charge in [-0.15, -0.1) is 0 Å². The Labute approximate surface area is 147 Å². The minimum Gasteiger partial charge on any atom is -0.394 e. The van der Waals surface area contributed by atoms with Gasteiger partial charge in [0.2, 0.25) is 5.91 Å². The van der Waals surface area contributed by atoms with Gasteiger partial charge in [0, 0.05) is 30.1 Å². The van der Waals surface area contributed by atoms with Crippen LogP contribution in [0, 0.1) is 5.92 Å². The quantitative estimate of drug-likeness (QED) is 0.704. The lowest BCUT2D eigenvalue weighted by atomic mass is 9.83. The molecule has 6 nitrogen and oxygen atoms in total. The van der Waals surface area contributed by atoms with E-state index in [1.807, 2.05) is 0 Å². The number of benzene rings is 1. The zero-order valence-corrected chi connectivity index (χ0v) is 14.3. The Hall–Kier alpha value is -2.18. The van der Waals surface area contributed by atoms with Crippen molar-refractivity contribution < 1.29 is 19.8 Å². The second kappa shape index (κ2) is 6.98. The first-order chi connectivity index (χ1) is 12.0. The van der Waals surface area contributed by atoms with Gasteiger partial charge in [-0.1, -0.05) is 37.3 Å². The summed E-state index contributed by atoms with van der Waals surface area (Å²) < 4.78 is 0. The minimum absolute atomic E-state index is 0.0113. The summed E-state index contributed by atoms with van der Waals surface area (Å²) in [6.45, 7) is 2.42. The van der Waals surface area contributed by atoms with Crippen molar-refractivity contribution >= 4 is 17.5 Å². The summed E-state index contributed by atoms with van der Waals surface area (Å²) in [5.74, 6) is -0.962. The average Bonchev–Trinajstić information content (AvgIpc) is 3.19. The van der Waals surface area contributed by atoms with Crippen molar-refractivity contribution in [1.82, 2.24) is 4.90 Å². The zero-order valence-electron chi connectivity index (χ0n) is 14.3. The minimum atomic E-state index is -1.63. The van der Waals surface area contributed by atoms with Crippen LogP contribution in [0.3, 0.4) is 0 Å². The molecule has 0 spiro atoms. The molecular formula is C19H24N2O4. The molecule has 1 aromatic carbocycles. The first-order valence-electron chi connectivity index (χ1n) is 8.68. The molecule has 0 aromatic heterocycles. The number of likely N-dealkylation sites (tertiary alicyclic amines) is 1. The monoisotopic (exact) mass is 344 g/mol. The fraction of sp³-hybridized carbons (Fsp3) is 0.474. The molecule has 6 heteroatoms. The van der Waals surface area contributed by atoms with Crippen LogP contribution in [0.25, 0.3) is 0 Å². The standard InChI is InChI=1S/C19H24N2O4/c1-13(6-4-10-17(23)21-11-5-7-14(21)12-22)19(25)15-8-2-3-9-16(15)20-18(19)24/h2-4,6,8-9,13-14,22,25H,5,7,10-12H2,1H3,(H,20,24)/b6-4+/t13-,14-,19+/m0/s1. The summed E-state index contributed by atoms with van der Waals surface area (Å²) in [5, 5.41) is 23.0. The molecule has 25 heavy (non-hydrogen) atoms. The Bertz CT molecular complexity index is 702. The number of fused-ring (bicyclic) bond motifs is 1. The molecule has 3 N–H and O–H groups in total. The molecule has 2 aliphatic rings. The van der Waals surface area contributed by atoms with Gasteiger partial charge in [-0.2, -0.15) is 0 Å². The van der Waals surface area contributed by atoms with E-state index >= 15 is 0 Å². The average molecular weight is 344 g/mol. The number of nitrogens with zero attached hydrogens (tertiary/aromatic N) is 1. The van der Waals surface area contributed by atoms with E-state index in [0.29, 0.717) is 17.8 Å². The third-order valence-corrected chi connectivity index (χ3v) is 5.22. The van der Waals surface area contributed by atoms with Crippen molar-refractivity contribution in [2.75, 3.05) is 18.5 Å². The highest BCUT2D eigenvalue weighted by atomic mass is 16.3. The van der Waals surface area contributed by atoms with Crippen LogP contribution in [0.4, 0.5) is 5.69 Å². The Morgan fingerprint density at radius 1 is 1.48 bits per heavy atom. The molecule has 0 radical (unpaired) electrons. The molecular weight excluding hydrogens is 320 g/mol. The van der Waals surface area contributed by atoms with Crippen molar-refractivity contribution in [1.29, 1.82) is 0 Å². The van der Waals surface area contributed by atoms with E-state index in [9.17, 15) is 19.8 Å². The Morgan fingerprint density at radius 3 is 3.00 bits per heavy atom. The topological polar surface area (TPSA) is 89.9 Å². The lowest BCUT2D eigenvalue weighted by Gasteiger charge is -2.26. The first kappa shape index (κ1) is 17.6. The Balaban J connectivity index is 1.68. The fourth-order valence-electron chi connectivity index (χ4n) is 3.70. The third kappa shape index (κ3) is 3.07. The number of amides is 2. The van der Waals surface area contributed by atoms with Gasteiger partial charge < -0.3 is 20.4 Å². The molecule has 3 atom stereocenters. The Kier molecular flexibility index (Phi) is 4.92. The van der Waals surface area contributed by atoms with Crippen molar-refractivity contribution in [3.05, 3.63) is 42.0 Å². The largest absolute Gasteiger partial charge is 0.394 e. The summed E-state index contributed by atoms with van der Waals surface area (Å²) >= 11 is 0. The number of hydrogen-bond acceptors (Lipinski definition) is 4. The van der Waals surface area contributed by atoms with Crippen molar-refractivity contribution in [3.8, 4) is 0 Å². The summed E-state index contributed by atoms with van der Waals surface area (Å²) in [5.41, 5.74) is -0.449. The molecule has 3 rings (SSSR count). The second-order valence-corrected chi connectivity index (χ2v) is 6.75. The number of aliphatic hydroxyl groups excluding tert-OH is 1. The number of aliphatic hydroxyl groups is 2. The number of para-hydroxylation sites is 1. The highest BCUT2D eigenvalue weighted by Gasteiger charge is 2.48. The van der Waals surface area contributed by atoms with E-state index in [1.54, 1.807) is 48.2 Å². The molecule has 0 unspecified atom stereocenters. The van der Waals surface area contributed by atoms with Crippen molar-refractivity contribution in [2.24, 2.45) is 5.92 Å². The van der Waals surface area contributed by atoms with Crippen LogP contribution in [0.15, 0.2) is 36.4 Å². The summed E-state index contributed by atoms with van der Waals surface area (Å²) in [7, 11) is 0. The number of anilines is 1. The molecule has 2 heterocycles. The highest BCUT2D eigenvalue weighted by Crippen LogP contribution is 2.41. The third-order valence-electron chi connectivity index (χ3n) is 5.22. The maximum Gasteiger partial charge on any atom is 0.261 e. The molecule has 2 amide bonds. The van der Waals surface area contributed by atoms with Gasteiger partial charge in [0.25, 0.3) is 5.91 Å². The summed E-state index contributed by atoms with van der Waals surface area (Å²) in [4.78, 5) is 26.3. The predicted molar refractivity (Wildman–Crippen MR) is 93.7 cm³/mol. The maximum atomic E-state index is 12.3. The van der Waals surface area contributed by atoms with Crippen LogP contribution in [0.1, 0.15) is 31.7 Å². The van der Waals surface area contributed by atoms with Crippen LogP contribution in [-0.2, 0) is 15.2 Å². The summed E-state index contributed by atoms with van der Waals surface area (Å²) in [6.07, 6.45) is 5.35. The van der Waals surface area contributed by atoms with E-state index in [4.69, 9.17) is 0 Å². The molecule has 0 saturated carbocycles. The van der Waals surface area contributed by atoms with E-state index in [2.05, 4.69) is 5.32 Å². The fourth-order valence-corrected chi connectivity index (χ4v) is 3.70. The van der Waals surface area contributed by atoms with Crippen LogP contribution in [0.5, 0.6) is 0 Å². The van der Waals surface area contributed by atoms with Crippen molar-refractivity contribution in [2.45, 2.75) is 37.8 Å². The lowest BCUT2D eigenvalue weighted by Crippen LogP contribution is -2.40. The Morgan fingerprint density at radius 2 is 2.24 bits per heavy atom. The second-order valence-electron chi connectivity index (χ2n) is 6.75. The van der Waals surface area contributed by atoms with E-state index in [1.165, 1.54) is 0 Å². The van der Waals surface area contributed by atoms with E-state index < -0.39 is 17.4 Å². The molecule has 2 aliphatic heterocycles. The van der Waals surface area contributed by atoms with Gasteiger partial charge >= 0.3 is 0 Å². The maximum absolute atomic E-state index is 12.3. The normalized spacial score (nSPS) is 26.8. The smallest absolute Gasteiger partial charge is 0.261 e. The van der Waals surface area contributed by atoms with Crippen LogP contribution in [0.2, 0.25) is 0 Å². The summed E-state index contributed by atoms with van der Waals surface area (Å²) in [6, 6.07) is 6.99. The number of carbonyl (C=O) groups is 2. The molecule has 0 bridgehead atoms. The van der Waals surface area contributed by atoms with Gasteiger partial charge in [0.05, 0.1) is 12.6 Å². The van der Waals surface area contributed by atoms with Gasteiger partial charge in [-0.25, -0.2) is 0 Å². The number of rotatable bonds is 5. The van der Waals surface area contributed by atoms with E-state index in [-0.39, 0.29) is 25.0 Å². The van der Waals surface area contributed by atoms with Crippen molar-refractivity contribution in [3.63, 3.8) is 0 Å². The highest BCUT2D eigenvalue weighted by molar-refractivity contribution is 6.05. The van der Waals surface area contributed by atoms with E-state index in [0.717, 1.165) is 12.8 Å². The molecule has 134 valence electrons. The number of nitrogens with one attached hydrogen (secondary N) is 1. The molecule has 0 aliphatic carbocycles. The zero-order chi connectivity index (χ0) is 18.0. The first-order valence-corrected chi connectivity index (χ1v) is 8.68. The molecule has 1 aromatic rings. The van der Waals surface area contributed by atoms with Gasteiger partial charge in [-0.05, 0) is 18.9 Å². The van der Waals surface area contributed by atoms with Gasteiger partial charge in [0.1, 0.15) is 0 Å². The van der Waals surface area contributed by atoms with Crippen LogP contribution < -0.4 is 5.32 Å². The number of hydrogen-bond donors (Lipinski definition) is 3. The molecule has 1 saturated heterocycles. The lowest BCUT2D eigenvalue weighted by molar-refractivity contribution is -0.137. The molecule has 1 fully saturated rings.